The molecule has 1 saturated heterocycles. The Labute approximate surface area is 167 Å². The molecule has 1 aliphatic carbocycles. The van der Waals surface area contributed by atoms with Crippen LogP contribution in [0.2, 0.25) is 0 Å². The van der Waals surface area contributed by atoms with E-state index in [1.807, 2.05) is 34.1 Å². The van der Waals surface area contributed by atoms with Crippen molar-refractivity contribution in [3.8, 4) is 5.75 Å². The van der Waals surface area contributed by atoms with Gasteiger partial charge in [-0.15, -0.1) is 12.4 Å². The number of nitrogens with zero attached hydrogens (tertiary/aromatic N) is 2. The highest BCUT2D eigenvalue weighted by molar-refractivity contribution is 5.85. The molecule has 0 unspecified atom stereocenters. The third kappa shape index (κ3) is 5.59. The third-order valence-electron chi connectivity index (χ3n) is 5.63. The van der Waals surface area contributed by atoms with Crippen LogP contribution >= 0.6 is 12.4 Å². The molecular weight excluding hydrogens is 366 g/mol. The molecule has 0 spiro atoms. The lowest BCUT2D eigenvalue weighted by Crippen LogP contribution is -2.51. The molecule has 0 bridgehead atoms. The Balaban J connectivity index is 0.00000261. The van der Waals surface area contributed by atoms with Gasteiger partial charge in [-0.3, -0.25) is 9.59 Å². The van der Waals surface area contributed by atoms with Crippen LogP contribution in [-0.2, 0) is 16.0 Å². The number of hydrogen-bond donors (Lipinski definition) is 1. The van der Waals surface area contributed by atoms with Crippen LogP contribution in [-0.4, -0.2) is 60.9 Å². The number of halogens is 1. The normalized spacial score (nSPS) is 22.3. The Bertz CT molecular complexity index is 647. The maximum Gasteiger partial charge on any atom is 0.227 e. The van der Waals surface area contributed by atoms with Crippen LogP contribution in [0.5, 0.6) is 5.75 Å². The Morgan fingerprint density at radius 2 is 1.78 bits per heavy atom. The lowest BCUT2D eigenvalue weighted by atomic mass is 9.99. The standard InChI is InChI=1S/C20H29N3O3.ClH/c1-26-17-6-2-4-15(12-17)13-19(24)22-8-10-23(11-9-22)20(25)14-16-5-3-7-18(16)21;/h2,4,6,12,16,18H,3,5,7-11,13-14,21H2,1H3;1H/t16-,18+;/m0./s1. The van der Waals surface area contributed by atoms with Crippen LogP contribution in [0.15, 0.2) is 24.3 Å². The second-order valence-corrected chi connectivity index (χ2v) is 7.35. The van der Waals surface area contributed by atoms with E-state index < -0.39 is 0 Å². The number of hydrogen-bond acceptors (Lipinski definition) is 4. The van der Waals surface area contributed by atoms with Crippen molar-refractivity contribution in [2.24, 2.45) is 11.7 Å². The summed E-state index contributed by atoms with van der Waals surface area (Å²) in [6, 6.07) is 7.76. The first-order valence-corrected chi connectivity index (χ1v) is 9.51. The molecule has 6 nitrogen and oxygen atoms in total. The molecule has 1 aromatic rings. The van der Waals surface area contributed by atoms with Crippen LogP contribution in [0.1, 0.15) is 31.2 Å². The highest BCUT2D eigenvalue weighted by atomic mass is 35.5. The highest BCUT2D eigenvalue weighted by Crippen LogP contribution is 2.27. The summed E-state index contributed by atoms with van der Waals surface area (Å²) in [6.45, 7) is 2.44. The van der Waals surface area contributed by atoms with Crippen LogP contribution in [0, 0.1) is 5.92 Å². The topological polar surface area (TPSA) is 75.9 Å². The van der Waals surface area contributed by atoms with E-state index in [9.17, 15) is 9.59 Å². The fraction of sp³-hybridized carbons (Fsp3) is 0.600. The maximum absolute atomic E-state index is 12.5. The van der Waals surface area contributed by atoms with Crippen molar-refractivity contribution < 1.29 is 14.3 Å². The van der Waals surface area contributed by atoms with Crippen molar-refractivity contribution in [3.63, 3.8) is 0 Å². The summed E-state index contributed by atoms with van der Waals surface area (Å²) in [5.41, 5.74) is 7.03. The molecule has 1 heterocycles. The SMILES string of the molecule is COc1cccc(CC(=O)N2CCN(C(=O)C[C@@H]3CCC[C@H]3N)CC2)c1.Cl. The van der Waals surface area contributed by atoms with E-state index in [2.05, 4.69) is 0 Å². The van der Waals surface area contributed by atoms with Crippen molar-refractivity contribution in [1.29, 1.82) is 0 Å². The van der Waals surface area contributed by atoms with Gasteiger partial charge in [0.25, 0.3) is 0 Å². The van der Waals surface area contributed by atoms with E-state index in [1.54, 1.807) is 7.11 Å². The largest absolute Gasteiger partial charge is 0.497 e. The smallest absolute Gasteiger partial charge is 0.227 e. The molecule has 2 N–H and O–H groups in total. The third-order valence-corrected chi connectivity index (χ3v) is 5.63. The van der Waals surface area contributed by atoms with Crippen LogP contribution < -0.4 is 10.5 Å². The minimum Gasteiger partial charge on any atom is -0.497 e. The van der Waals surface area contributed by atoms with Crippen LogP contribution in [0.25, 0.3) is 0 Å². The van der Waals surface area contributed by atoms with E-state index in [0.717, 1.165) is 30.6 Å². The average Bonchev–Trinajstić information content (AvgIpc) is 3.06. The van der Waals surface area contributed by atoms with E-state index in [-0.39, 0.29) is 30.3 Å². The van der Waals surface area contributed by atoms with E-state index >= 15 is 0 Å². The van der Waals surface area contributed by atoms with Crippen molar-refractivity contribution in [3.05, 3.63) is 29.8 Å². The number of ether oxygens (including phenoxy) is 1. The summed E-state index contributed by atoms with van der Waals surface area (Å²) < 4.78 is 5.21. The molecule has 2 amide bonds. The Kier molecular flexibility index (Phi) is 7.92. The highest BCUT2D eigenvalue weighted by Gasteiger charge is 2.30. The van der Waals surface area contributed by atoms with E-state index in [0.29, 0.717) is 44.9 Å². The molecular formula is C20H30ClN3O3. The first kappa shape index (κ1) is 21.5. The second kappa shape index (κ2) is 9.95. The first-order chi connectivity index (χ1) is 12.6. The number of carbonyl (C=O) groups excluding carboxylic acids is 2. The average molecular weight is 396 g/mol. The minimum atomic E-state index is 0. The summed E-state index contributed by atoms with van der Waals surface area (Å²) in [6.07, 6.45) is 4.14. The maximum atomic E-state index is 12.5. The van der Waals surface area contributed by atoms with Gasteiger partial charge in [0.2, 0.25) is 11.8 Å². The van der Waals surface area contributed by atoms with Gasteiger partial charge in [0.15, 0.2) is 0 Å². The van der Waals surface area contributed by atoms with Gasteiger partial charge in [0.05, 0.1) is 13.5 Å². The van der Waals surface area contributed by atoms with Gasteiger partial charge in [-0.05, 0) is 36.5 Å². The molecule has 1 aromatic carbocycles. The molecule has 27 heavy (non-hydrogen) atoms. The minimum absolute atomic E-state index is 0. The van der Waals surface area contributed by atoms with Crippen LogP contribution in [0.4, 0.5) is 0 Å². The van der Waals surface area contributed by atoms with Gasteiger partial charge in [0.1, 0.15) is 5.75 Å². The number of rotatable bonds is 5. The zero-order valence-electron chi connectivity index (χ0n) is 15.9. The zero-order valence-corrected chi connectivity index (χ0v) is 16.7. The lowest BCUT2D eigenvalue weighted by molar-refractivity contribution is -0.139. The lowest BCUT2D eigenvalue weighted by Gasteiger charge is -2.35. The van der Waals surface area contributed by atoms with Gasteiger partial charge in [0, 0.05) is 38.6 Å². The van der Waals surface area contributed by atoms with Gasteiger partial charge in [-0.2, -0.15) is 0 Å². The molecule has 0 aromatic heterocycles. The van der Waals surface area contributed by atoms with Gasteiger partial charge in [-0.25, -0.2) is 0 Å². The quantitative estimate of drug-likeness (QED) is 0.825. The number of methoxy groups -OCH3 is 1. The fourth-order valence-corrected chi connectivity index (χ4v) is 3.95. The number of carbonyl (C=O) groups is 2. The molecule has 3 rings (SSSR count). The summed E-state index contributed by atoms with van der Waals surface area (Å²) >= 11 is 0. The fourth-order valence-electron chi connectivity index (χ4n) is 3.95. The number of piperazine rings is 1. The molecule has 1 aliphatic heterocycles. The summed E-state index contributed by atoms with van der Waals surface area (Å²) in [4.78, 5) is 28.8. The van der Waals surface area contributed by atoms with Crippen LogP contribution in [0.3, 0.4) is 0 Å². The Hall–Kier alpha value is -1.79. The molecule has 2 fully saturated rings. The predicted octanol–water partition coefficient (Wildman–Crippen LogP) is 1.85. The summed E-state index contributed by atoms with van der Waals surface area (Å²) in [5.74, 6) is 1.38. The Morgan fingerprint density at radius 3 is 2.37 bits per heavy atom. The van der Waals surface area contributed by atoms with Gasteiger partial charge in [-0.1, -0.05) is 18.6 Å². The van der Waals surface area contributed by atoms with Gasteiger partial charge >= 0.3 is 0 Å². The molecule has 7 heteroatoms. The van der Waals surface area contributed by atoms with Crippen molar-refractivity contribution >= 4 is 24.2 Å². The molecule has 0 radical (unpaired) electrons. The molecule has 2 atom stereocenters. The molecule has 150 valence electrons. The first-order valence-electron chi connectivity index (χ1n) is 9.51. The van der Waals surface area contributed by atoms with Crippen molar-refractivity contribution in [1.82, 2.24) is 9.80 Å². The second-order valence-electron chi connectivity index (χ2n) is 7.35. The van der Waals surface area contributed by atoms with Gasteiger partial charge < -0.3 is 20.3 Å². The molecule has 1 saturated carbocycles. The zero-order chi connectivity index (χ0) is 18.5. The summed E-state index contributed by atoms with van der Waals surface area (Å²) in [7, 11) is 1.62. The Morgan fingerprint density at radius 1 is 1.11 bits per heavy atom. The van der Waals surface area contributed by atoms with Crippen molar-refractivity contribution in [2.75, 3.05) is 33.3 Å². The predicted molar refractivity (Wildman–Crippen MR) is 107 cm³/mol. The van der Waals surface area contributed by atoms with Crippen molar-refractivity contribution in [2.45, 2.75) is 38.1 Å². The van der Waals surface area contributed by atoms with E-state index in [1.165, 1.54) is 0 Å². The number of benzene rings is 1. The molecule has 2 aliphatic rings. The monoisotopic (exact) mass is 395 g/mol. The number of nitrogens with two attached hydrogens (primary N) is 1. The number of amides is 2. The summed E-state index contributed by atoms with van der Waals surface area (Å²) in [5, 5.41) is 0. The van der Waals surface area contributed by atoms with E-state index in [4.69, 9.17) is 10.5 Å².